The molecule has 2 aromatic carbocycles. The fourth-order valence-corrected chi connectivity index (χ4v) is 2.42. The first-order chi connectivity index (χ1) is 11.1. The first kappa shape index (κ1) is 15.3. The number of hydrogen-bond acceptors (Lipinski definition) is 3. The van der Waals surface area contributed by atoms with E-state index in [-0.39, 0.29) is 5.70 Å². The van der Waals surface area contributed by atoms with Crippen LogP contribution in [0.2, 0.25) is 0 Å². The summed E-state index contributed by atoms with van der Waals surface area (Å²) >= 11 is 6.19. The molecule has 2 aromatic rings. The number of cyclic esters (lactones) is 1. The van der Waals surface area contributed by atoms with Crippen LogP contribution in [0.15, 0.2) is 76.4 Å². The van der Waals surface area contributed by atoms with Gasteiger partial charge < -0.3 is 4.74 Å². The van der Waals surface area contributed by atoms with Crippen molar-refractivity contribution in [3.8, 4) is 0 Å². The molecule has 23 heavy (non-hydrogen) atoms. The van der Waals surface area contributed by atoms with Gasteiger partial charge >= 0.3 is 5.97 Å². The van der Waals surface area contributed by atoms with E-state index in [4.69, 9.17) is 16.3 Å². The highest BCUT2D eigenvalue weighted by Crippen LogP contribution is 2.21. The molecular weight excluding hydrogens is 310 g/mol. The summed E-state index contributed by atoms with van der Waals surface area (Å²) in [7, 11) is 0. The molecule has 0 amide bonds. The number of aryl methyl sites for hydroxylation is 1. The van der Waals surface area contributed by atoms with Gasteiger partial charge in [0.1, 0.15) is 0 Å². The van der Waals surface area contributed by atoms with Crippen molar-refractivity contribution in [1.82, 2.24) is 0 Å². The van der Waals surface area contributed by atoms with E-state index < -0.39 is 5.97 Å². The second-order valence-electron chi connectivity index (χ2n) is 5.15. The number of hydrogen-bond donors (Lipinski definition) is 0. The second-order valence-corrected chi connectivity index (χ2v) is 5.58. The number of allylic oxidation sites excluding steroid dienone is 2. The van der Waals surface area contributed by atoms with E-state index in [0.717, 1.165) is 16.7 Å². The van der Waals surface area contributed by atoms with Crippen molar-refractivity contribution in [2.45, 2.75) is 6.92 Å². The lowest BCUT2D eigenvalue weighted by molar-refractivity contribution is -0.130. The summed E-state index contributed by atoms with van der Waals surface area (Å²) in [6, 6.07) is 17.2. The Morgan fingerprint density at radius 2 is 1.91 bits per heavy atom. The molecular formula is C19H14ClNO2. The molecule has 0 aromatic heterocycles. The van der Waals surface area contributed by atoms with Crippen molar-refractivity contribution in [1.29, 1.82) is 0 Å². The molecule has 114 valence electrons. The lowest BCUT2D eigenvalue weighted by Crippen LogP contribution is -2.05. The monoisotopic (exact) mass is 323 g/mol. The minimum atomic E-state index is -0.499. The van der Waals surface area contributed by atoms with E-state index in [1.165, 1.54) is 6.08 Å². The smallest absolute Gasteiger partial charge is 0.363 e. The Morgan fingerprint density at radius 1 is 1.13 bits per heavy atom. The van der Waals surface area contributed by atoms with Gasteiger partial charge in [-0.15, -0.1) is 0 Å². The zero-order chi connectivity index (χ0) is 16.2. The van der Waals surface area contributed by atoms with Gasteiger partial charge in [0.2, 0.25) is 5.90 Å². The van der Waals surface area contributed by atoms with Gasteiger partial charge in [-0.2, -0.15) is 0 Å². The topological polar surface area (TPSA) is 38.7 Å². The number of carbonyl (C=O) groups is 1. The van der Waals surface area contributed by atoms with Gasteiger partial charge in [0.15, 0.2) is 5.70 Å². The molecule has 1 heterocycles. The van der Waals surface area contributed by atoms with Crippen molar-refractivity contribution < 1.29 is 9.53 Å². The Kier molecular flexibility index (Phi) is 4.40. The normalized spacial score (nSPS) is 16.4. The van der Waals surface area contributed by atoms with Crippen LogP contribution in [0.3, 0.4) is 0 Å². The van der Waals surface area contributed by atoms with Gasteiger partial charge in [-0.1, -0.05) is 59.6 Å². The van der Waals surface area contributed by atoms with Crippen LogP contribution in [0.25, 0.3) is 6.08 Å². The molecule has 0 N–H and O–H groups in total. The Hall–Kier alpha value is -2.65. The fraction of sp³-hybridized carbons (Fsp3) is 0.0526. The standard InChI is InChI=1S/C19H14ClNO2/c1-13-6-5-9-15(10-13)18-21-17(19(22)23-18)12-16(20)11-14-7-3-2-4-8-14/h2-12H,1H3/b16-11-,17-12-. The molecule has 0 radical (unpaired) electrons. The van der Waals surface area contributed by atoms with E-state index in [9.17, 15) is 4.79 Å². The highest BCUT2D eigenvalue weighted by molar-refractivity contribution is 6.33. The van der Waals surface area contributed by atoms with E-state index in [1.807, 2.05) is 61.5 Å². The van der Waals surface area contributed by atoms with E-state index >= 15 is 0 Å². The summed E-state index contributed by atoms with van der Waals surface area (Å²) in [4.78, 5) is 16.2. The number of rotatable bonds is 3. The largest absolute Gasteiger partial charge is 0.402 e. The van der Waals surface area contributed by atoms with Crippen molar-refractivity contribution in [3.05, 3.63) is 88.1 Å². The van der Waals surface area contributed by atoms with Gasteiger partial charge in [0.05, 0.1) is 0 Å². The molecule has 0 atom stereocenters. The minimum absolute atomic E-state index is 0.193. The molecule has 0 fully saturated rings. The number of benzene rings is 2. The van der Waals surface area contributed by atoms with Gasteiger partial charge in [0.25, 0.3) is 0 Å². The molecule has 1 aliphatic heterocycles. The maximum Gasteiger partial charge on any atom is 0.363 e. The van der Waals surface area contributed by atoms with Gasteiger partial charge in [-0.25, -0.2) is 9.79 Å². The molecule has 0 bridgehead atoms. The van der Waals surface area contributed by atoms with Crippen molar-refractivity contribution in [3.63, 3.8) is 0 Å². The Bertz CT molecular complexity index is 835. The third-order valence-electron chi connectivity index (χ3n) is 3.26. The Morgan fingerprint density at radius 3 is 2.65 bits per heavy atom. The van der Waals surface area contributed by atoms with Crippen LogP contribution < -0.4 is 0 Å². The summed E-state index contributed by atoms with van der Waals surface area (Å²) in [6.45, 7) is 1.97. The number of carbonyl (C=O) groups excluding carboxylic acids is 1. The highest BCUT2D eigenvalue weighted by atomic mass is 35.5. The average Bonchev–Trinajstić information content (AvgIpc) is 2.89. The van der Waals surface area contributed by atoms with Gasteiger partial charge in [0, 0.05) is 10.6 Å². The maximum absolute atomic E-state index is 11.9. The summed E-state index contributed by atoms with van der Waals surface area (Å²) in [5, 5.41) is 0.414. The Balaban J connectivity index is 1.88. The third-order valence-corrected chi connectivity index (χ3v) is 3.48. The van der Waals surface area contributed by atoms with Crippen LogP contribution in [-0.4, -0.2) is 11.9 Å². The van der Waals surface area contributed by atoms with E-state index in [1.54, 1.807) is 6.08 Å². The molecule has 0 saturated heterocycles. The number of aliphatic imine (C=N–C) groups is 1. The first-order valence-corrected chi connectivity index (χ1v) is 7.51. The van der Waals surface area contributed by atoms with Crippen LogP contribution >= 0.6 is 11.6 Å². The SMILES string of the molecule is Cc1cccc(C2=N/C(=C\C(Cl)=C\c3ccccc3)C(=O)O2)c1. The maximum atomic E-state index is 11.9. The van der Waals surface area contributed by atoms with Crippen LogP contribution in [0, 0.1) is 6.92 Å². The molecule has 0 aliphatic carbocycles. The zero-order valence-corrected chi connectivity index (χ0v) is 13.2. The molecule has 4 heteroatoms. The van der Waals surface area contributed by atoms with Crippen molar-refractivity contribution >= 4 is 29.5 Å². The van der Waals surface area contributed by atoms with Crippen LogP contribution in [0.5, 0.6) is 0 Å². The zero-order valence-electron chi connectivity index (χ0n) is 12.5. The molecule has 0 saturated carbocycles. The quantitative estimate of drug-likeness (QED) is 0.618. The fourth-order valence-electron chi connectivity index (χ4n) is 2.19. The lowest BCUT2D eigenvalue weighted by Gasteiger charge is -1.99. The predicted octanol–water partition coefficient (Wildman–Crippen LogP) is 4.46. The number of esters is 1. The minimum Gasteiger partial charge on any atom is -0.402 e. The van der Waals surface area contributed by atoms with Crippen molar-refractivity contribution in [2.24, 2.45) is 4.99 Å². The second kappa shape index (κ2) is 6.63. The molecule has 0 spiro atoms. The lowest BCUT2D eigenvalue weighted by atomic mass is 10.1. The summed E-state index contributed by atoms with van der Waals surface area (Å²) in [5.41, 5.74) is 2.98. The van der Waals surface area contributed by atoms with Crippen LogP contribution in [-0.2, 0) is 9.53 Å². The third kappa shape index (κ3) is 3.76. The van der Waals surface area contributed by atoms with Gasteiger partial charge in [-0.3, -0.25) is 0 Å². The molecule has 3 nitrogen and oxygen atoms in total. The number of nitrogens with zero attached hydrogens (tertiary/aromatic N) is 1. The average molecular weight is 324 g/mol. The number of halogens is 1. The Labute approximate surface area is 139 Å². The first-order valence-electron chi connectivity index (χ1n) is 7.14. The van der Waals surface area contributed by atoms with Crippen LogP contribution in [0.1, 0.15) is 16.7 Å². The number of ether oxygens (including phenoxy) is 1. The van der Waals surface area contributed by atoms with Gasteiger partial charge in [-0.05, 0) is 36.8 Å². The molecule has 1 aliphatic rings. The van der Waals surface area contributed by atoms with Crippen LogP contribution in [0.4, 0.5) is 0 Å². The van der Waals surface area contributed by atoms with Crippen molar-refractivity contribution in [2.75, 3.05) is 0 Å². The summed E-state index contributed by atoms with van der Waals surface area (Å²) in [6.07, 6.45) is 3.28. The molecule has 3 rings (SSSR count). The highest BCUT2D eigenvalue weighted by Gasteiger charge is 2.24. The van der Waals surface area contributed by atoms with E-state index in [2.05, 4.69) is 4.99 Å². The predicted molar refractivity (Wildman–Crippen MR) is 92.2 cm³/mol. The van der Waals surface area contributed by atoms with E-state index in [0.29, 0.717) is 10.9 Å². The summed E-state index contributed by atoms with van der Waals surface area (Å²) in [5.74, 6) is -0.199. The summed E-state index contributed by atoms with van der Waals surface area (Å²) < 4.78 is 5.22. The molecule has 0 unspecified atom stereocenters.